The molecule has 0 aromatic carbocycles. The number of aryl methyl sites for hydroxylation is 1. The van der Waals surface area contributed by atoms with Crippen molar-refractivity contribution >= 4 is 17.5 Å². The highest BCUT2D eigenvalue weighted by atomic mass is 16.5. The van der Waals surface area contributed by atoms with Gasteiger partial charge in [-0.05, 0) is 19.8 Å². The minimum Gasteiger partial charge on any atom is -0.339 e. The van der Waals surface area contributed by atoms with E-state index in [0.717, 1.165) is 12.8 Å². The van der Waals surface area contributed by atoms with Crippen LogP contribution in [0.1, 0.15) is 57.3 Å². The molecule has 0 unspecified atom stereocenters. The summed E-state index contributed by atoms with van der Waals surface area (Å²) in [6.07, 6.45) is 3.12. The maximum atomic E-state index is 12.8. The molecule has 8 heteroatoms. The minimum atomic E-state index is -0.165. The predicted octanol–water partition coefficient (Wildman–Crippen LogP) is 1.29. The largest absolute Gasteiger partial charge is 0.339 e. The van der Waals surface area contributed by atoms with Gasteiger partial charge in [-0.15, -0.1) is 0 Å². The molecule has 2 aliphatic rings. The fourth-order valence-corrected chi connectivity index (χ4v) is 2.99. The highest BCUT2D eigenvalue weighted by Gasteiger charge is 2.36. The summed E-state index contributed by atoms with van der Waals surface area (Å²) < 4.78 is 5.17. The van der Waals surface area contributed by atoms with Gasteiger partial charge in [-0.25, -0.2) is 5.01 Å². The molecule has 1 saturated heterocycles. The van der Waals surface area contributed by atoms with Gasteiger partial charge < -0.3 is 9.42 Å². The van der Waals surface area contributed by atoms with Crippen LogP contribution in [0.2, 0.25) is 0 Å². The van der Waals surface area contributed by atoms with Crippen LogP contribution >= 0.6 is 0 Å². The maximum Gasteiger partial charge on any atom is 0.270 e. The van der Waals surface area contributed by atoms with Gasteiger partial charge in [-0.2, -0.15) is 10.1 Å². The van der Waals surface area contributed by atoms with Crippen LogP contribution < -0.4 is 0 Å². The first-order chi connectivity index (χ1) is 11.1. The lowest BCUT2D eigenvalue weighted by atomic mass is 10.1. The van der Waals surface area contributed by atoms with Crippen LogP contribution in [0.3, 0.4) is 0 Å². The summed E-state index contributed by atoms with van der Waals surface area (Å²) >= 11 is 0. The maximum absolute atomic E-state index is 12.8. The Balaban J connectivity index is 1.79. The van der Waals surface area contributed by atoms with E-state index in [1.807, 2.05) is 13.8 Å². The number of rotatable bonds is 4. The van der Waals surface area contributed by atoms with Crippen LogP contribution in [-0.2, 0) is 16.0 Å². The van der Waals surface area contributed by atoms with Gasteiger partial charge in [0.1, 0.15) is 5.71 Å². The number of hydrogen-bond acceptors (Lipinski definition) is 6. The van der Waals surface area contributed by atoms with Gasteiger partial charge in [0.15, 0.2) is 5.82 Å². The Morgan fingerprint density at radius 3 is 2.87 bits per heavy atom. The third-order valence-corrected chi connectivity index (χ3v) is 4.25. The van der Waals surface area contributed by atoms with Crippen molar-refractivity contribution in [3.05, 3.63) is 11.7 Å². The fraction of sp³-hybridized carbons (Fsp3) is 0.667. The number of hydrazone groups is 1. The Morgan fingerprint density at radius 2 is 2.17 bits per heavy atom. The fourth-order valence-electron chi connectivity index (χ4n) is 2.99. The average Bonchev–Trinajstić information content (AvgIpc) is 3.23. The Labute approximate surface area is 134 Å². The summed E-state index contributed by atoms with van der Waals surface area (Å²) in [7, 11) is 0. The molecule has 2 amide bonds. The van der Waals surface area contributed by atoms with E-state index in [2.05, 4.69) is 15.2 Å². The summed E-state index contributed by atoms with van der Waals surface area (Å²) in [6.45, 7) is 4.92. The smallest absolute Gasteiger partial charge is 0.270 e. The molecule has 1 atom stereocenters. The molecule has 3 rings (SSSR count). The number of likely N-dealkylation sites (tertiary alicyclic amines) is 1. The molecule has 0 saturated carbocycles. The van der Waals surface area contributed by atoms with Crippen molar-refractivity contribution in [3.8, 4) is 0 Å². The zero-order valence-corrected chi connectivity index (χ0v) is 13.5. The lowest BCUT2D eigenvalue weighted by Crippen LogP contribution is -2.41. The van der Waals surface area contributed by atoms with Crippen molar-refractivity contribution < 1.29 is 14.1 Å². The zero-order chi connectivity index (χ0) is 16.4. The number of nitrogens with zero attached hydrogens (tertiary/aromatic N) is 5. The van der Waals surface area contributed by atoms with Crippen LogP contribution in [0.4, 0.5) is 0 Å². The number of amides is 2. The van der Waals surface area contributed by atoms with E-state index in [1.54, 1.807) is 4.90 Å². The van der Waals surface area contributed by atoms with E-state index < -0.39 is 0 Å². The van der Waals surface area contributed by atoms with Crippen molar-refractivity contribution in [1.82, 2.24) is 20.0 Å². The van der Waals surface area contributed by atoms with E-state index in [9.17, 15) is 9.59 Å². The van der Waals surface area contributed by atoms with Crippen molar-refractivity contribution in [3.63, 3.8) is 0 Å². The Bertz CT molecular complexity index is 639. The summed E-state index contributed by atoms with van der Waals surface area (Å²) in [6, 6.07) is -0.165. The number of carbonyl (C=O) groups is 2. The first-order valence-corrected chi connectivity index (χ1v) is 8.15. The van der Waals surface area contributed by atoms with E-state index in [1.165, 1.54) is 5.01 Å². The van der Waals surface area contributed by atoms with Crippen LogP contribution in [0, 0.1) is 0 Å². The molecule has 0 N–H and O–H groups in total. The third-order valence-electron chi connectivity index (χ3n) is 4.25. The Hall–Kier alpha value is -2.25. The molecule has 0 radical (unpaired) electrons. The van der Waals surface area contributed by atoms with Crippen molar-refractivity contribution in [2.45, 2.75) is 52.0 Å². The molecule has 1 aromatic heterocycles. The number of carbonyl (C=O) groups excluding carboxylic acids is 2. The Kier molecular flexibility index (Phi) is 4.40. The third kappa shape index (κ3) is 2.97. The van der Waals surface area contributed by atoms with E-state index in [0.29, 0.717) is 49.8 Å². The van der Waals surface area contributed by atoms with Crippen molar-refractivity contribution in [2.75, 3.05) is 13.1 Å². The molecule has 1 fully saturated rings. The second-order valence-corrected chi connectivity index (χ2v) is 5.71. The molecule has 0 spiro atoms. The summed E-state index contributed by atoms with van der Waals surface area (Å²) in [5.41, 5.74) is 0.442. The van der Waals surface area contributed by atoms with Crippen LogP contribution in [0.15, 0.2) is 9.62 Å². The summed E-state index contributed by atoms with van der Waals surface area (Å²) in [5.74, 6) is 0.985. The van der Waals surface area contributed by atoms with Gasteiger partial charge in [0.25, 0.3) is 5.91 Å². The van der Waals surface area contributed by atoms with Gasteiger partial charge >= 0.3 is 0 Å². The first-order valence-electron chi connectivity index (χ1n) is 8.15. The molecule has 3 heterocycles. The SMILES string of the molecule is CCc1nc([C@@H]2CCCN2C(=O)C2=NN(CC)C(=O)CC2)no1. The van der Waals surface area contributed by atoms with Crippen LogP contribution in [0.5, 0.6) is 0 Å². The highest BCUT2D eigenvalue weighted by Crippen LogP contribution is 2.31. The monoisotopic (exact) mass is 319 g/mol. The van der Waals surface area contributed by atoms with Gasteiger partial charge in [-0.1, -0.05) is 12.1 Å². The van der Waals surface area contributed by atoms with Crippen LogP contribution in [0.25, 0.3) is 0 Å². The van der Waals surface area contributed by atoms with Gasteiger partial charge in [-0.3, -0.25) is 9.59 Å². The summed E-state index contributed by atoms with van der Waals surface area (Å²) in [4.78, 5) is 30.6. The topological polar surface area (TPSA) is 91.9 Å². The molecule has 1 aromatic rings. The van der Waals surface area contributed by atoms with Gasteiger partial charge in [0.05, 0.1) is 6.04 Å². The molecular formula is C15H21N5O3. The van der Waals surface area contributed by atoms with Crippen LogP contribution in [-0.4, -0.2) is 50.7 Å². The average molecular weight is 319 g/mol. The zero-order valence-electron chi connectivity index (χ0n) is 13.5. The summed E-state index contributed by atoms with van der Waals surface area (Å²) in [5, 5.41) is 9.59. The quantitative estimate of drug-likeness (QED) is 0.834. The molecule has 8 nitrogen and oxygen atoms in total. The van der Waals surface area contributed by atoms with E-state index in [4.69, 9.17) is 4.52 Å². The Morgan fingerprint density at radius 1 is 1.35 bits per heavy atom. The number of aromatic nitrogens is 2. The minimum absolute atomic E-state index is 0.0345. The van der Waals surface area contributed by atoms with E-state index >= 15 is 0 Å². The van der Waals surface area contributed by atoms with Gasteiger partial charge in [0.2, 0.25) is 11.8 Å². The molecule has 2 aliphatic heterocycles. The predicted molar refractivity (Wildman–Crippen MR) is 81.4 cm³/mol. The second-order valence-electron chi connectivity index (χ2n) is 5.71. The molecular weight excluding hydrogens is 298 g/mol. The molecule has 0 bridgehead atoms. The second kappa shape index (κ2) is 6.47. The number of hydrogen-bond donors (Lipinski definition) is 0. The lowest BCUT2D eigenvalue weighted by molar-refractivity contribution is -0.132. The van der Waals surface area contributed by atoms with E-state index in [-0.39, 0.29) is 17.9 Å². The van der Waals surface area contributed by atoms with Crippen molar-refractivity contribution in [1.29, 1.82) is 0 Å². The highest BCUT2D eigenvalue weighted by molar-refractivity contribution is 6.39. The van der Waals surface area contributed by atoms with Gasteiger partial charge in [0, 0.05) is 32.4 Å². The first kappa shape index (κ1) is 15.6. The normalized spacial score (nSPS) is 21.7. The lowest BCUT2D eigenvalue weighted by Gasteiger charge is -2.26. The molecule has 0 aliphatic carbocycles. The molecule has 23 heavy (non-hydrogen) atoms. The standard InChI is InChI=1S/C15H21N5O3/c1-3-12-16-14(18-23-12)11-6-5-9-19(11)15(22)10-7-8-13(21)20(4-2)17-10/h11H,3-9H2,1-2H3/t11-/m0/s1. The van der Waals surface area contributed by atoms with Crippen molar-refractivity contribution in [2.24, 2.45) is 5.10 Å². The molecule has 124 valence electrons.